The summed E-state index contributed by atoms with van der Waals surface area (Å²) >= 11 is 0. The first-order valence-electron chi connectivity index (χ1n) is 6.94. The fourth-order valence-corrected chi connectivity index (χ4v) is 3.57. The summed E-state index contributed by atoms with van der Waals surface area (Å²) in [6, 6.07) is 0.734. The third kappa shape index (κ3) is 4.86. The van der Waals surface area contributed by atoms with E-state index in [9.17, 15) is 0 Å². The molecule has 16 heavy (non-hydrogen) atoms. The van der Waals surface area contributed by atoms with Gasteiger partial charge in [0.15, 0.2) is 0 Å². The average Bonchev–Trinajstić information content (AvgIpc) is 1.96. The average molecular weight is 225 g/mol. The predicted molar refractivity (Wildman–Crippen MR) is 72.7 cm³/mol. The first-order valence-corrected chi connectivity index (χ1v) is 6.94. The zero-order valence-electron chi connectivity index (χ0n) is 12.2. The molecule has 0 aliphatic heterocycles. The fourth-order valence-electron chi connectivity index (χ4n) is 3.57. The van der Waals surface area contributed by atoms with Gasteiger partial charge in [0.25, 0.3) is 0 Å². The summed E-state index contributed by atoms with van der Waals surface area (Å²) in [5.74, 6) is 0.817. The number of hydrogen-bond donors (Lipinski definition) is 1. The molecule has 0 heterocycles. The van der Waals surface area contributed by atoms with E-state index in [2.05, 4.69) is 46.9 Å². The molecule has 96 valence electrons. The Kier molecular flexibility index (Phi) is 4.45. The summed E-state index contributed by atoms with van der Waals surface area (Å²) in [5, 5.41) is 3.76. The summed E-state index contributed by atoms with van der Waals surface area (Å²) in [5.41, 5.74) is 1.02. The van der Waals surface area contributed by atoms with E-state index in [1.807, 2.05) is 0 Å². The van der Waals surface area contributed by atoms with Gasteiger partial charge in [-0.3, -0.25) is 0 Å². The minimum atomic E-state index is 0.511. The third-order valence-corrected chi connectivity index (χ3v) is 3.71. The standard InChI is InChI=1S/C15H31N/c1-12(2)7-8-16-13-9-14(3,4)11-15(5,6)10-13/h12-13,16H,7-11H2,1-6H3. The van der Waals surface area contributed by atoms with E-state index in [0.29, 0.717) is 10.8 Å². The summed E-state index contributed by atoms with van der Waals surface area (Å²) in [7, 11) is 0. The van der Waals surface area contributed by atoms with Crippen LogP contribution in [0.15, 0.2) is 0 Å². The molecule has 0 aromatic carbocycles. The van der Waals surface area contributed by atoms with Crippen LogP contribution in [0.2, 0.25) is 0 Å². The van der Waals surface area contributed by atoms with Gasteiger partial charge in [-0.2, -0.15) is 0 Å². The largest absolute Gasteiger partial charge is 0.314 e. The Balaban J connectivity index is 2.42. The second-order valence-corrected chi connectivity index (χ2v) is 7.75. The fraction of sp³-hybridized carbons (Fsp3) is 1.00. The van der Waals surface area contributed by atoms with Gasteiger partial charge in [-0.1, -0.05) is 41.5 Å². The maximum absolute atomic E-state index is 3.76. The molecule has 1 N–H and O–H groups in total. The van der Waals surface area contributed by atoms with Crippen LogP contribution in [-0.2, 0) is 0 Å². The van der Waals surface area contributed by atoms with Crippen molar-refractivity contribution in [3.05, 3.63) is 0 Å². The molecule has 1 nitrogen and oxygen atoms in total. The molecule has 1 saturated carbocycles. The van der Waals surface area contributed by atoms with Crippen molar-refractivity contribution in [3.8, 4) is 0 Å². The van der Waals surface area contributed by atoms with Crippen molar-refractivity contribution in [2.45, 2.75) is 73.3 Å². The van der Waals surface area contributed by atoms with Crippen LogP contribution in [0, 0.1) is 16.7 Å². The predicted octanol–water partition coefficient (Wildman–Crippen LogP) is 4.23. The van der Waals surface area contributed by atoms with Gasteiger partial charge in [0.05, 0.1) is 0 Å². The maximum atomic E-state index is 3.76. The molecule has 0 spiro atoms. The van der Waals surface area contributed by atoms with E-state index in [0.717, 1.165) is 12.0 Å². The number of rotatable bonds is 4. The lowest BCUT2D eigenvalue weighted by molar-refractivity contribution is 0.0848. The Morgan fingerprint density at radius 1 is 1.06 bits per heavy atom. The molecule has 1 fully saturated rings. The first-order chi connectivity index (χ1) is 7.20. The smallest absolute Gasteiger partial charge is 0.00772 e. The molecule has 0 radical (unpaired) electrons. The van der Waals surface area contributed by atoms with E-state index in [1.165, 1.54) is 32.2 Å². The summed E-state index contributed by atoms with van der Waals surface area (Å²) in [6.07, 6.45) is 5.35. The molecule has 0 aromatic rings. The Hall–Kier alpha value is -0.0400. The first kappa shape index (κ1) is 14.0. The lowest BCUT2D eigenvalue weighted by atomic mass is 9.63. The molecule has 1 rings (SSSR count). The van der Waals surface area contributed by atoms with Gasteiger partial charge >= 0.3 is 0 Å². The van der Waals surface area contributed by atoms with Gasteiger partial charge in [0.1, 0.15) is 0 Å². The van der Waals surface area contributed by atoms with Crippen molar-refractivity contribution in [2.75, 3.05) is 6.54 Å². The minimum absolute atomic E-state index is 0.511. The van der Waals surface area contributed by atoms with Crippen LogP contribution in [0.1, 0.15) is 67.2 Å². The Morgan fingerprint density at radius 2 is 1.56 bits per heavy atom. The normalized spacial score (nSPS) is 24.9. The summed E-state index contributed by atoms with van der Waals surface area (Å²) in [6.45, 7) is 15.5. The number of hydrogen-bond acceptors (Lipinski definition) is 1. The van der Waals surface area contributed by atoms with Gasteiger partial charge in [0, 0.05) is 6.04 Å². The van der Waals surface area contributed by atoms with E-state index in [4.69, 9.17) is 0 Å². The van der Waals surface area contributed by atoms with Gasteiger partial charge in [0.2, 0.25) is 0 Å². The van der Waals surface area contributed by atoms with Crippen molar-refractivity contribution in [3.63, 3.8) is 0 Å². The van der Waals surface area contributed by atoms with Gasteiger partial charge in [-0.05, 0) is 49.0 Å². The van der Waals surface area contributed by atoms with E-state index < -0.39 is 0 Å². The lowest BCUT2D eigenvalue weighted by Gasteiger charge is -2.45. The molecule has 0 amide bonds. The molecule has 1 aliphatic carbocycles. The molecule has 1 aliphatic rings. The van der Waals surface area contributed by atoms with Crippen molar-refractivity contribution in [1.29, 1.82) is 0 Å². The molecule has 0 saturated heterocycles. The molecular weight excluding hydrogens is 194 g/mol. The van der Waals surface area contributed by atoms with Crippen molar-refractivity contribution >= 4 is 0 Å². The minimum Gasteiger partial charge on any atom is -0.314 e. The molecule has 0 unspecified atom stereocenters. The summed E-state index contributed by atoms with van der Waals surface area (Å²) < 4.78 is 0. The molecular formula is C15H31N. The lowest BCUT2D eigenvalue weighted by Crippen LogP contribution is -2.44. The summed E-state index contributed by atoms with van der Waals surface area (Å²) in [4.78, 5) is 0. The molecule has 0 aromatic heterocycles. The van der Waals surface area contributed by atoms with Crippen LogP contribution in [0.3, 0.4) is 0 Å². The van der Waals surface area contributed by atoms with Gasteiger partial charge < -0.3 is 5.32 Å². The molecule has 0 bridgehead atoms. The third-order valence-electron chi connectivity index (χ3n) is 3.71. The monoisotopic (exact) mass is 225 g/mol. The van der Waals surface area contributed by atoms with Gasteiger partial charge in [-0.25, -0.2) is 0 Å². The van der Waals surface area contributed by atoms with E-state index >= 15 is 0 Å². The highest BCUT2D eigenvalue weighted by Gasteiger charge is 2.37. The highest BCUT2D eigenvalue weighted by Crippen LogP contribution is 2.45. The SMILES string of the molecule is CC(C)CCNC1CC(C)(C)CC(C)(C)C1. The highest BCUT2D eigenvalue weighted by atomic mass is 14.9. The van der Waals surface area contributed by atoms with E-state index in [1.54, 1.807) is 0 Å². The van der Waals surface area contributed by atoms with Crippen molar-refractivity contribution < 1.29 is 0 Å². The topological polar surface area (TPSA) is 12.0 Å². The van der Waals surface area contributed by atoms with Crippen LogP contribution in [-0.4, -0.2) is 12.6 Å². The Labute approximate surface area is 102 Å². The van der Waals surface area contributed by atoms with Crippen molar-refractivity contribution in [2.24, 2.45) is 16.7 Å². The quantitative estimate of drug-likeness (QED) is 0.755. The molecule has 0 atom stereocenters. The van der Waals surface area contributed by atoms with Crippen LogP contribution in [0.4, 0.5) is 0 Å². The Bertz CT molecular complexity index is 199. The van der Waals surface area contributed by atoms with Gasteiger partial charge in [-0.15, -0.1) is 0 Å². The Morgan fingerprint density at radius 3 is 2.00 bits per heavy atom. The zero-order valence-corrected chi connectivity index (χ0v) is 12.2. The molecule has 1 heteroatoms. The van der Waals surface area contributed by atoms with Crippen LogP contribution in [0.5, 0.6) is 0 Å². The van der Waals surface area contributed by atoms with E-state index in [-0.39, 0.29) is 0 Å². The van der Waals surface area contributed by atoms with Crippen LogP contribution >= 0.6 is 0 Å². The second-order valence-electron chi connectivity index (χ2n) is 7.75. The highest BCUT2D eigenvalue weighted by molar-refractivity contribution is 4.92. The van der Waals surface area contributed by atoms with Crippen LogP contribution < -0.4 is 5.32 Å². The van der Waals surface area contributed by atoms with Crippen molar-refractivity contribution in [1.82, 2.24) is 5.32 Å². The number of nitrogens with one attached hydrogen (secondary N) is 1. The second kappa shape index (κ2) is 5.08. The maximum Gasteiger partial charge on any atom is 0.00772 e. The zero-order chi connectivity index (χ0) is 12.4. The van der Waals surface area contributed by atoms with Crippen LogP contribution in [0.25, 0.3) is 0 Å².